The van der Waals surface area contributed by atoms with Gasteiger partial charge >= 0.3 is 17.5 Å². The smallest absolute Gasteiger partial charge is 0.434 e. The summed E-state index contributed by atoms with van der Waals surface area (Å²) in [5, 5.41) is 22.0. The van der Waals surface area contributed by atoms with E-state index in [2.05, 4.69) is 9.47 Å². The number of alkyl halides is 1. The van der Waals surface area contributed by atoms with Crippen LogP contribution >= 0.6 is 11.8 Å². The maximum atomic E-state index is 12.6. The van der Waals surface area contributed by atoms with Crippen molar-refractivity contribution >= 4 is 29.3 Å². The van der Waals surface area contributed by atoms with Crippen LogP contribution in [0.25, 0.3) is 0 Å². The average Bonchev–Trinajstić information content (AvgIpc) is 2.45. The third-order valence-electron chi connectivity index (χ3n) is 2.57. The summed E-state index contributed by atoms with van der Waals surface area (Å²) in [7, 11) is 0. The van der Waals surface area contributed by atoms with Crippen LogP contribution in [0.1, 0.15) is 13.3 Å². The Kier molecular flexibility index (Phi) is 6.69. The summed E-state index contributed by atoms with van der Waals surface area (Å²) in [6.45, 7) is 0.986. The first-order chi connectivity index (χ1) is 10.8. The highest BCUT2D eigenvalue weighted by Crippen LogP contribution is 2.40. The summed E-state index contributed by atoms with van der Waals surface area (Å²) < 4.78 is 21.8. The molecule has 11 heteroatoms. The first kappa shape index (κ1) is 18.6. The van der Waals surface area contributed by atoms with E-state index in [9.17, 15) is 29.4 Å². The maximum absolute atomic E-state index is 12.6. The number of carbonyl (C=O) groups excluding carboxylic acids is 1. The molecule has 0 bridgehead atoms. The van der Waals surface area contributed by atoms with Crippen molar-refractivity contribution in [1.29, 1.82) is 0 Å². The Hall–Kier alpha value is -2.43. The van der Waals surface area contributed by atoms with Crippen LogP contribution in [-0.2, 0) is 4.74 Å². The zero-order valence-corrected chi connectivity index (χ0v) is 13.0. The van der Waals surface area contributed by atoms with Crippen LogP contribution in [0, 0.1) is 20.2 Å². The molecule has 0 radical (unpaired) electrons. The summed E-state index contributed by atoms with van der Waals surface area (Å²) in [6.07, 6.45) is -0.975. The topological polar surface area (TPSA) is 122 Å². The van der Waals surface area contributed by atoms with E-state index in [0.29, 0.717) is 4.90 Å². The molecule has 1 unspecified atom stereocenters. The van der Waals surface area contributed by atoms with Crippen LogP contribution in [0.3, 0.4) is 0 Å². The molecular weight excluding hydrogens is 335 g/mol. The third kappa shape index (κ3) is 5.36. The molecule has 0 aliphatic heterocycles. The minimum absolute atomic E-state index is 0.0673. The Bertz CT molecular complexity index is 624. The molecule has 23 heavy (non-hydrogen) atoms. The number of benzene rings is 1. The molecule has 0 saturated carbocycles. The number of thioether (sulfide) groups is 1. The highest BCUT2D eigenvalue weighted by molar-refractivity contribution is 7.98. The molecule has 0 aliphatic rings. The molecule has 0 aromatic heterocycles. The van der Waals surface area contributed by atoms with E-state index in [0.717, 1.165) is 23.9 Å². The van der Waals surface area contributed by atoms with Gasteiger partial charge in [0.25, 0.3) is 0 Å². The normalized spacial score (nSPS) is 11.6. The molecule has 126 valence electrons. The van der Waals surface area contributed by atoms with Crippen LogP contribution in [-0.4, -0.2) is 35.0 Å². The summed E-state index contributed by atoms with van der Waals surface area (Å²) in [5.74, 6) is -0.605. The number of nitro benzene ring substituents is 2. The first-order valence-electron chi connectivity index (χ1n) is 6.25. The summed E-state index contributed by atoms with van der Waals surface area (Å²) >= 11 is 1.08. The number of nitro groups is 2. The molecule has 1 aromatic rings. The molecule has 0 spiro atoms. The van der Waals surface area contributed by atoms with Crippen LogP contribution < -0.4 is 4.74 Å². The van der Waals surface area contributed by atoms with E-state index in [-0.39, 0.29) is 13.0 Å². The van der Waals surface area contributed by atoms with Gasteiger partial charge in [-0.05, 0) is 13.2 Å². The maximum Gasteiger partial charge on any atom is 0.514 e. The van der Waals surface area contributed by atoms with Gasteiger partial charge in [-0.1, -0.05) is 0 Å². The predicted molar refractivity (Wildman–Crippen MR) is 78.7 cm³/mol. The van der Waals surface area contributed by atoms with E-state index in [1.807, 2.05) is 0 Å². The van der Waals surface area contributed by atoms with Gasteiger partial charge < -0.3 is 9.47 Å². The summed E-state index contributed by atoms with van der Waals surface area (Å²) in [4.78, 5) is 31.8. The quantitative estimate of drug-likeness (QED) is 0.241. The van der Waals surface area contributed by atoms with Gasteiger partial charge in [0.05, 0.1) is 16.5 Å². The Labute approximate surface area is 134 Å². The van der Waals surface area contributed by atoms with Gasteiger partial charge in [0.2, 0.25) is 5.75 Å². The van der Waals surface area contributed by atoms with E-state index in [1.54, 1.807) is 6.26 Å². The lowest BCUT2D eigenvalue weighted by Crippen LogP contribution is -2.14. The standard InChI is InChI=1S/C12H13FN2O7S/c1-7(13)3-4-21-12(16)22-10-6-8(23-2)5-9(14(17)18)11(10)15(19)20/h5-7H,3-4H2,1-2H3. The van der Waals surface area contributed by atoms with Crippen molar-refractivity contribution in [2.75, 3.05) is 12.9 Å². The van der Waals surface area contributed by atoms with Gasteiger partial charge in [0.15, 0.2) is 0 Å². The van der Waals surface area contributed by atoms with Crippen molar-refractivity contribution in [2.24, 2.45) is 0 Å². The Balaban J connectivity index is 3.08. The molecule has 1 atom stereocenters. The van der Waals surface area contributed by atoms with Gasteiger partial charge in [-0.15, -0.1) is 11.8 Å². The fourth-order valence-electron chi connectivity index (χ4n) is 1.51. The van der Waals surface area contributed by atoms with E-state index in [4.69, 9.17) is 0 Å². The molecule has 0 aliphatic carbocycles. The van der Waals surface area contributed by atoms with Crippen molar-refractivity contribution in [2.45, 2.75) is 24.4 Å². The second-order valence-electron chi connectivity index (χ2n) is 4.28. The molecular formula is C12H13FN2O7S. The van der Waals surface area contributed by atoms with Gasteiger partial charge in [-0.2, -0.15) is 0 Å². The summed E-state index contributed by atoms with van der Waals surface area (Å²) in [5.41, 5.74) is -1.76. The molecule has 0 fully saturated rings. The number of hydrogen-bond donors (Lipinski definition) is 0. The number of rotatable bonds is 7. The van der Waals surface area contributed by atoms with E-state index in [1.165, 1.54) is 6.92 Å². The zero-order chi connectivity index (χ0) is 17.6. The molecule has 0 heterocycles. The number of halogens is 1. The molecule has 9 nitrogen and oxygen atoms in total. The predicted octanol–water partition coefficient (Wildman–Crippen LogP) is 3.49. The molecule has 1 rings (SSSR count). The largest absolute Gasteiger partial charge is 0.514 e. The third-order valence-corrected chi connectivity index (χ3v) is 3.28. The number of hydrogen-bond acceptors (Lipinski definition) is 8. The van der Waals surface area contributed by atoms with Gasteiger partial charge in [0.1, 0.15) is 6.17 Å². The average molecular weight is 348 g/mol. The molecule has 1 aromatic carbocycles. The second-order valence-corrected chi connectivity index (χ2v) is 5.16. The van der Waals surface area contributed by atoms with Crippen molar-refractivity contribution in [3.05, 3.63) is 32.4 Å². The van der Waals surface area contributed by atoms with Gasteiger partial charge in [0, 0.05) is 23.4 Å². The van der Waals surface area contributed by atoms with Crippen molar-refractivity contribution < 1.29 is 28.5 Å². The van der Waals surface area contributed by atoms with Crippen LogP contribution in [0.5, 0.6) is 5.75 Å². The minimum Gasteiger partial charge on any atom is -0.434 e. The SMILES string of the molecule is CSc1cc(OC(=O)OCCC(C)F)c([N+](=O)[O-])c([N+](=O)[O-])c1. The van der Waals surface area contributed by atoms with E-state index < -0.39 is 39.3 Å². The van der Waals surface area contributed by atoms with Crippen LogP contribution in [0.2, 0.25) is 0 Å². The van der Waals surface area contributed by atoms with Gasteiger partial charge in [-0.25, -0.2) is 9.18 Å². The zero-order valence-electron chi connectivity index (χ0n) is 12.2. The number of carbonyl (C=O) groups is 1. The Morgan fingerprint density at radius 2 is 2.00 bits per heavy atom. The highest BCUT2D eigenvalue weighted by atomic mass is 32.2. The summed E-state index contributed by atoms with van der Waals surface area (Å²) in [6, 6.07) is 2.13. The highest BCUT2D eigenvalue weighted by Gasteiger charge is 2.32. The lowest BCUT2D eigenvalue weighted by molar-refractivity contribution is -0.423. The fourth-order valence-corrected chi connectivity index (χ4v) is 1.97. The first-order valence-corrected chi connectivity index (χ1v) is 7.48. The van der Waals surface area contributed by atoms with E-state index >= 15 is 0 Å². The second kappa shape index (κ2) is 8.27. The Morgan fingerprint density at radius 3 is 2.48 bits per heavy atom. The number of nitrogens with zero attached hydrogens (tertiary/aromatic N) is 2. The lowest BCUT2D eigenvalue weighted by atomic mass is 10.2. The lowest BCUT2D eigenvalue weighted by Gasteiger charge is -2.08. The van der Waals surface area contributed by atoms with Crippen molar-refractivity contribution in [1.82, 2.24) is 0 Å². The fraction of sp³-hybridized carbons (Fsp3) is 0.417. The van der Waals surface area contributed by atoms with Gasteiger partial charge in [-0.3, -0.25) is 20.2 Å². The van der Waals surface area contributed by atoms with Crippen LogP contribution in [0.15, 0.2) is 17.0 Å². The van der Waals surface area contributed by atoms with Crippen LogP contribution in [0.4, 0.5) is 20.6 Å². The number of ether oxygens (including phenoxy) is 2. The minimum atomic E-state index is -1.30. The molecule has 0 amide bonds. The Morgan fingerprint density at radius 1 is 1.35 bits per heavy atom. The molecule has 0 N–H and O–H groups in total. The van der Waals surface area contributed by atoms with Crippen molar-refractivity contribution in [3.8, 4) is 5.75 Å². The van der Waals surface area contributed by atoms with Crippen molar-refractivity contribution in [3.63, 3.8) is 0 Å². The molecule has 0 saturated heterocycles. The monoisotopic (exact) mass is 348 g/mol.